The van der Waals surface area contributed by atoms with Crippen LogP contribution in [0.25, 0.3) is 32.3 Å². The van der Waals surface area contributed by atoms with Crippen LogP contribution < -0.4 is 0 Å². The van der Waals surface area contributed by atoms with Gasteiger partial charge in [0.1, 0.15) is 17.0 Å². The fourth-order valence-corrected chi connectivity index (χ4v) is 7.52. The Hall–Kier alpha value is -2.21. The van der Waals surface area contributed by atoms with Crippen molar-refractivity contribution in [3.05, 3.63) is 29.3 Å². The molecule has 206 valence electrons. The van der Waals surface area contributed by atoms with E-state index in [1.54, 1.807) is 29.5 Å². The number of rotatable bonds is 5. The molecule has 0 bridgehead atoms. The molecule has 2 aliphatic rings. The Labute approximate surface area is 245 Å². The van der Waals surface area contributed by atoms with Crippen molar-refractivity contribution in [1.82, 2.24) is 33.4 Å². The minimum Gasteiger partial charge on any atom is -0.320 e. The predicted molar refractivity (Wildman–Crippen MR) is 164 cm³/mol. The first-order valence-electron chi connectivity index (χ1n) is 12.9. The number of aromatic nitrogens is 7. The molecule has 0 aromatic carbocycles. The molecule has 0 saturated heterocycles. The highest BCUT2D eigenvalue weighted by molar-refractivity contribution is 7.98. The molecule has 0 radical (unpaired) electrons. The predicted octanol–water partition coefficient (Wildman–Crippen LogP) is 8.25. The third-order valence-electron chi connectivity index (χ3n) is 7.58. The molecule has 5 aromatic heterocycles. The molecule has 2 fully saturated rings. The van der Waals surface area contributed by atoms with E-state index in [9.17, 15) is 4.79 Å². The van der Waals surface area contributed by atoms with Gasteiger partial charge in [0.05, 0.1) is 32.2 Å². The van der Waals surface area contributed by atoms with Gasteiger partial charge in [-0.2, -0.15) is 4.37 Å². The Kier molecular flexibility index (Phi) is 8.80. The van der Waals surface area contributed by atoms with Gasteiger partial charge in [0.15, 0.2) is 16.6 Å². The molecule has 5 heterocycles. The standard InChI is InChI=1S/C13H14ClN3OS.C13H14N4S2.CH4/c1-19-13-15-6-9-11(14)10(7-18)17(12(9)16-13)8-4-2-3-5-8;1-18-13-14-6-9-11-10(7-15-19-11)17(12(9)16-13)8-4-2-3-5-8;/h2*6-8H,2-5H2,1H3;1H4. The van der Waals surface area contributed by atoms with Gasteiger partial charge < -0.3 is 9.13 Å². The van der Waals surface area contributed by atoms with Crippen molar-refractivity contribution < 1.29 is 4.79 Å². The van der Waals surface area contributed by atoms with E-state index >= 15 is 0 Å². The zero-order valence-electron chi connectivity index (χ0n) is 21.3. The molecule has 0 N–H and O–H groups in total. The van der Waals surface area contributed by atoms with Gasteiger partial charge in [-0.3, -0.25) is 4.79 Å². The lowest BCUT2D eigenvalue weighted by molar-refractivity contribution is 0.111. The summed E-state index contributed by atoms with van der Waals surface area (Å²) in [6, 6.07) is 0.917. The molecule has 5 aromatic rings. The van der Waals surface area contributed by atoms with E-state index in [1.165, 1.54) is 60.5 Å². The summed E-state index contributed by atoms with van der Waals surface area (Å²) >= 11 is 10.9. The van der Waals surface area contributed by atoms with E-state index in [4.69, 9.17) is 16.6 Å². The Morgan fingerprint density at radius 3 is 1.97 bits per heavy atom. The second-order valence-electron chi connectivity index (χ2n) is 9.66. The normalized spacial score (nSPS) is 16.2. The van der Waals surface area contributed by atoms with Crippen LogP contribution in [0.15, 0.2) is 28.9 Å². The Balaban J connectivity index is 0.000000154. The van der Waals surface area contributed by atoms with Crippen LogP contribution in [0.5, 0.6) is 0 Å². The average molecular weight is 602 g/mol. The van der Waals surface area contributed by atoms with Gasteiger partial charge in [0.25, 0.3) is 0 Å². The zero-order chi connectivity index (χ0) is 26.2. The van der Waals surface area contributed by atoms with Crippen LogP contribution in [-0.4, -0.2) is 52.2 Å². The van der Waals surface area contributed by atoms with Crippen LogP contribution >= 0.6 is 46.7 Å². The molecule has 0 atom stereocenters. The topological polar surface area (TPSA) is 91.4 Å². The van der Waals surface area contributed by atoms with Crippen molar-refractivity contribution in [3.8, 4) is 0 Å². The average Bonchev–Trinajstić information content (AvgIpc) is 3.78. The van der Waals surface area contributed by atoms with Gasteiger partial charge in [-0.15, -0.1) is 0 Å². The molecule has 7 rings (SSSR count). The Morgan fingerprint density at radius 2 is 1.41 bits per heavy atom. The minimum atomic E-state index is 0. The van der Waals surface area contributed by atoms with Gasteiger partial charge in [0.2, 0.25) is 0 Å². The molecular weight excluding hydrogens is 570 g/mol. The summed E-state index contributed by atoms with van der Waals surface area (Å²) in [5, 5.41) is 3.96. The molecule has 0 unspecified atom stereocenters. The number of aldehydes is 1. The molecular formula is C27H32ClN7OS3. The summed E-state index contributed by atoms with van der Waals surface area (Å²) in [6.07, 6.45) is 20.2. The van der Waals surface area contributed by atoms with E-state index in [0.717, 1.165) is 46.4 Å². The third kappa shape index (κ3) is 5.07. The maximum absolute atomic E-state index is 11.4. The first kappa shape index (κ1) is 28.3. The van der Waals surface area contributed by atoms with Crippen molar-refractivity contribution in [2.75, 3.05) is 12.5 Å². The lowest BCUT2D eigenvalue weighted by Gasteiger charge is -2.14. The maximum Gasteiger partial charge on any atom is 0.189 e. The third-order valence-corrected chi connectivity index (χ3v) is 9.93. The number of hydrogen-bond donors (Lipinski definition) is 0. The monoisotopic (exact) mass is 601 g/mol. The second kappa shape index (κ2) is 12.1. The van der Waals surface area contributed by atoms with E-state index in [-0.39, 0.29) is 7.43 Å². The van der Waals surface area contributed by atoms with Crippen LogP contribution in [0.1, 0.15) is 81.4 Å². The van der Waals surface area contributed by atoms with Crippen molar-refractivity contribution in [1.29, 1.82) is 0 Å². The molecule has 12 heteroatoms. The highest BCUT2D eigenvalue weighted by Gasteiger charge is 2.26. The first-order valence-corrected chi connectivity index (χ1v) is 16.5. The fraction of sp³-hybridized carbons (Fsp3) is 0.481. The van der Waals surface area contributed by atoms with Gasteiger partial charge in [-0.25, -0.2) is 19.9 Å². The highest BCUT2D eigenvalue weighted by Crippen LogP contribution is 2.40. The number of thioether (sulfide) groups is 2. The number of fused-ring (bicyclic) bond motifs is 4. The molecule has 0 amide bonds. The lowest BCUT2D eigenvalue weighted by atomic mass is 10.2. The summed E-state index contributed by atoms with van der Waals surface area (Å²) in [6.45, 7) is 0. The largest absolute Gasteiger partial charge is 0.320 e. The van der Waals surface area contributed by atoms with Crippen LogP contribution in [0, 0.1) is 0 Å². The first-order chi connectivity index (χ1) is 18.6. The SMILES string of the molecule is C.CSc1ncc2c(Cl)c(C=O)n(C3CCCC3)c2n1.CSc1ncc2c3sncc3n(C3CCCC3)c2n1. The van der Waals surface area contributed by atoms with Crippen LogP contribution in [0.3, 0.4) is 0 Å². The van der Waals surface area contributed by atoms with Crippen molar-refractivity contribution >= 4 is 85.2 Å². The summed E-state index contributed by atoms with van der Waals surface area (Å²) in [7, 11) is 0. The van der Waals surface area contributed by atoms with Gasteiger partial charge >= 0.3 is 0 Å². The van der Waals surface area contributed by atoms with Gasteiger partial charge in [-0.1, -0.05) is 68.2 Å². The lowest BCUT2D eigenvalue weighted by Crippen LogP contribution is -2.09. The van der Waals surface area contributed by atoms with E-state index in [1.807, 2.05) is 29.5 Å². The molecule has 39 heavy (non-hydrogen) atoms. The number of halogens is 1. The van der Waals surface area contributed by atoms with Gasteiger partial charge in [0, 0.05) is 24.5 Å². The van der Waals surface area contributed by atoms with E-state index in [2.05, 4.69) is 23.9 Å². The van der Waals surface area contributed by atoms with Crippen LogP contribution in [0.4, 0.5) is 0 Å². The Morgan fingerprint density at radius 1 is 0.872 bits per heavy atom. The minimum absolute atomic E-state index is 0. The highest BCUT2D eigenvalue weighted by atomic mass is 35.5. The van der Waals surface area contributed by atoms with Crippen molar-refractivity contribution in [2.24, 2.45) is 0 Å². The quantitative estimate of drug-likeness (QED) is 0.113. The van der Waals surface area contributed by atoms with Crippen molar-refractivity contribution in [3.63, 3.8) is 0 Å². The van der Waals surface area contributed by atoms with E-state index < -0.39 is 0 Å². The van der Waals surface area contributed by atoms with Crippen LogP contribution in [0.2, 0.25) is 5.02 Å². The fourth-order valence-electron chi connectivity index (χ4n) is 5.83. The van der Waals surface area contributed by atoms with Crippen molar-refractivity contribution in [2.45, 2.75) is 81.2 Å². The smallest absolute Gasteiger partial charge is 0.189 e. The number of nitrogens with zero attached hydrogens (tertiary/aromatic N) is 7. The summed E-state index contributed by atoms with van der Waals surface area (Å²) < 4.78 is 10.00. The van der Waals surface area contributed by atoms with E-state index in [0.29, 0.717) is 28.0 Å². The molecule has 0 aliphatic heterocycles. The number of carbonyl (C=O) groups excluding carboxylic acids is 1. The molecule has 2 saturated carbocycles. The second-order valence-corrected chi connectivity index (χ2v) is 12.4. The number of hydrogen-bond acceptors (Lipinski definition) is 9. The van der Waals surface area contributed by atoms with Crippen LogP contribution in [-0.2, 0) is 0 Å². The molecule has 0 spiro atoms. The molecule has 8 nitrogen and oxygen atoms in total. The summed E-state index contributed by atoms with van der Waals surface area (Å²) in [5.74, 6) is 0. The van der Waals surface area contributed by atoms with Gasteiger partial charge in [-0.05, 0) is 49.7 Å². The summed E-state index contributed by atoms with van der Waals surface area (Å²) in [4.78, 5) is 29.3. The number of carbonyl (C=O) groups is 1. The summed E-state index contributed by atoms with van der Waals surface area (Å²) in [5.41, 5.74) is 3.66. The Bertz CT molecular complexity index is 1620. The molecule has 2 aliphatic carbocycles. The zero-order valence-corrected chi connectivity index (χ0v) is 24.5. The maximum atomic E-state index is 11.4.